The van der Waals surface area contributed by atoms with E-state index in [9.17, 15) is 10.1 Å². The maximum Gasteiger partial charge on any atom is 0.365 e. The van der Waals surface area contributed by atoms with Gasteiger partial charge in [0.05, 0.1) is 6.67 Å². The van der Waals surface area contributed by atoms with Crippen LogP contribution in [0.1, 0.15) is 12.8 Å². The quantitative estimate of drug-likeness (QED) is 0.439. The molecular weight excluding hydrogens is 334 g/mol. The molecule has 0 spiro atoms. The number of nitro groups is 1. The highest BCUT2D eigenvalue weighted by Crippen LogP contribution is 2.17. The minimum atomic E-state index is -0.440. The molecule has 1 aromatic heterocycles. The van der Waals surface area contributed by atoms with Crippen LogP contribution < -0.4 is 10.3 Å². The smallest absolute Gasteiger partial charge is 0.365 e. The Morgan fingerprint density at radius 2 is 1.96 bits per heavy atom. The van der Waals surface area contributed by atoms with Gasteiger partial charge in [0, 0.05) is 64.3 Å². The molecule has 2 aliphatic heterocycles. The van der Waals surface area contributed by atoms with Gasteiger partial charge in [0.2, 0.25) is 5.82 Å². The van der Waals surface area contributed by atoms with Crippen molar-refractivity contribution in [2.45, 2.75) is 12.8 Å². The molecule has 3 heterocycles. The van der Waals surface area contributed by atoms with Gasteiger partial charge in [-0.1, -0.05) is 0 Å². The number of hydrogen-bond donors (Lipinski definition) is 1. The summed E-state index contributed by atoms with van der Waals surface area (Å²) in [4.78, 5) is 21.3. The van der Waals surface area contributed by atoms with Crippen LogP contribution in [-0.2, 0) is 0 Å². The fraction of sp³-hybridized carbons (Fsp3) is 0.588. The zero-order valence-electron chi connectivity index (χ0n) is 15.3. The van der Waals surface area contributed by atoms with Crippen LogP contribution >= 0.6 is 0 Å². The van der Waals surface area contributed by atoms with E-state index < -0.39 is 4.92 Å². The van der Waals surface area contributed by atoms with E-state index in [1.54, 1.807) is 6.07 Å². The van der Waals surface area contributed by atoms with Crippen LogP contribution in [0.25, 0.3) is 0 Å². The molecule has 2 aliphatic rings. The summed E-state index contributed by atoms with van der Waals surface area (Å²) in [5.41, 5.74) is 3.26. The maximum atomic E-state index is 10.9. The van der Waals surface area contributed by atoms with Crippen molar-refractivity contribution in [2.24, 2.45) is 0 Å². The average molecular weight is 361 g/mol. The first kappa shape index (κ1) is 18.4. The Balaban J connectivity index is 1.35. The summed E-state index contributed by atoms with van der Waals surface area (Å²) in [6.45, 7) is 6.69. The second-order valence-corrected chi connectivity index (χ2v) is 6.75. The second-order valence-electron chi connectivity index (χ2n) is 6.75. The van der Waals surface area contributed by atoms with Crippen molar-refractivity contribution >= 4 is 11.6 Å². The zero-order chi connectivity index (χ0) is 18.4. The number of piperazine rings is 1. The predicted octanol–water partition coefficient (Wildman–Crippen LogP) is 1.07. The van der Waals surface area contributed by atoms with Crippen LogP contribution in [0.3, 0.4) is 0 Å². The van der Waals surface area contributed by atoms with Crippen molar-refractivity contribution in [3.63, 3.8) is 0 Å². The Kier molecular flexibility index (Phi) is 6.24. The van der Waals surface area contributed by atoms with Gasteiger partial charge in [-0.2, -0.15) is 0 Å². The number of nitrogens with zero attached hydrogens (tertiary/aromatic N) is 6. The number of hydrazine groups is 1. The van der Waals surface area contributed by atoms with Crippen LogP contribution in [0.15, 0.2) is 30.6 Å². The number of aromatic nitrogens is 1. The van der Waals surface area contributed by atoms with Gasteiger partial charge in [-0.05, 0) is 35.4 Å². The Labute approximate surface area is 154 Å². The second kappa shape index (κ2) is 8.81. The van der Waals surface area contributed by atoms with E-state index in [0.29, 0.717) is 5.82 Å². The largest absolute Gasteiger partial charge is 0.365 e. The van der Waals surface area contributed by atoms with E-state index in [0.717, 1.165) is 52.4 Å². The predicted molar refractivity (Wildman–Crippen MR) is 100 cm³/mol. The molecule has 0 bridgehead atoms. The molecule has 1 aromatic rings. The Hall–Kier alpha value is -2.39. The van der Waals surface area contributed by atoms with Crippen molar-refractivity contribution in [2.75, 3.05) is 57.9 Å². The van der Waals surface area contributed by atoms with E-state index >= 15 is 0 Å². The molecule has 0 saturated carbocycles. The van der Waals surface area contributed by atoms with E-state index in [1.807, 2.05) is 18.5 Å². The Morgan fingerprint density at radius 1 is 1.19 bits per heavy atom. The molecule has 9 nitrogen and oxygen atoms in total. The van der Waals surface area contributed by atoms with Gasteiger partial charge in [-0.15, -0.1) is 0 Å². The van der Waals surface area contributed by atoms with Gasteiger partial charge >= 0.3 is 5.82 Å². The minimum Gasteiger partial charge on any atom is -0.365 e. The fourth-order valence-electron chi connectivity index (χ4n) is 3.29. The number of nitrogens with one attached hydrogen (secondary N) is 1. The first-order chi connectivity index (χ1) is 12.6. The van der Waals surface area contributed by atoms with Crippen molar-refractivity contribution in [1.29, 1.82) is 0 Å². The van der Waals surface area contributed by atoms with Crippen molar-refractivity contribution in [1.82, 2.24) is 25.2 Å². The molecule has 26 heavy (non-hydrogen) atoms. The lowest BCUT2D eigenvalue weighted by Crippen LogP contribution is -2.47. The normalized spacial score (nSPS) is 18.8. The summed E-state index contributed by atoms with van der Waals surface area (Å²) in [6.07, 6.45) is 6.32. The summed E-state index contributed by atoms with van der Waals surface area (Å²) in [6, 6.07) is 4.98. The summed E-state index contributed by atoms with van der Waals surface area (Å²) < 4.78 is 0. The molecule has 142 valence electrons. The van der Waals surface area contributed by atoms with E-state index in [-0.39, 0.29) is 5.82 Å². The lowest BCUT2D eigenvalue weighted by molar-refractivity contribution is -0.389. The standard InChI is InChI=1S/C17H27N7O2/c1-20-10-7-18-23(15-20)9-3-2-8-21-11-13-22(14-12-21)16-5-4-6-17(19-16)24(25)26/h4-7,10,18H,2-3,8-9,11-15H2,1H3. The van der Waals surface area contributed by atoms with Gasteiger partial charge in [-0.25, -0.2) is 5.01 Å². The summed E-state index contributed by atoms with van der Waals surface area (Å²) in [7, 11) is 2.07. The lowest BCUT2D eigenvalue weighted by Gasteiger charge is -2.34. The summed E-state index contributed by atoms with van der Waals surface area (Å²) in [5, 5.41) is 13.1. The number of hydrogen-bond acceptors (Lipinski definition) is 8. The first-order valence-electron chi connectivity index (χ1n) is 9.08. The van der Waals surface area contributed by atoms with Crippen LogP contribution in [0.5, 0.6) is 0 Å². The van der Waals surface area contributed by atoms with Crippen LogP contribution in [-0.4, -0.2) is 77.7 Å². The van der Waals surface area contributed by atoms with Crippen LogP contribution in [0.4, 0.5) is 11.6 Å². The lowest BCUT2D eigenvalue weighted by atomic mass is 10.2. The fourth-order valence-corrected chi connectivity index (χ4v) is 3.29. The maximum absolute atomic E-state index is 10.9. The van der Waals surface area contributed by atoms with Crippen LogP contribution in [0, 0.1) is 10.1 Å². The highest BCUT2D eigenvalue weighted by atomic mass is 16.6. The third kappa shape index (κ3) is 5.06. The number of pyridine rings is 1. The van der Waals surface area contributed by atoms with Gasteiger partial charge in [0.1, 0.15) is 0 Å². The van der Waals surface area contributed by atoms with E-state index in [4.69, 9.17) is 0 Å². The third-order valence-electron chi connectivity index (χ3n) is 4.74. The molecule has 1 saturated heterocycles. The molecule has 0 radical (unpaired) electrons. The van der Waals surface area contributed by atoms with Crippen LogP contribution in [0.2, 0.25) is 0 Å². The molecule has 1 N–H and O–H groups in total. The number of rotatable bonds is 7. The minimum absolute atomic E-state index is 0.0864. The molecule has 3 rings (SSSR count). The third-order valence-corrected chi connectivity index (χ3v) is 4.74. The topological polar surface area (TPSA) is 81.0 Å². The zero-order valence-corrected chi connectivity index (χ0v) is 15.3. The molecule has 1 fully saturated rings. The van der Waals surface area contributed by atoms with Crippen molar-refractivity contribution in [3.8, 4) is 0 Å². The number of unbranched alkanes of at least 4 members (excludes halogenated alkanes) is 1. The first-order valence-corrected chi connectivity index (χ1v) is 9.08. The molecule has 9 heteroatoms. The highest BCUT2D eigenvalue weighted by molar-refractivity contribution is 5.42. The number of anilines is 1. The highest BCUT2D eigenvalue weighted by Gasteiger charge is 2.21. The summed E-state index contributed by atoms with van der Waals surface area (Å²) in [5.74, 6) is 0.615. The van der Waals surface area contributed by atoms with Gasteiger partial charge in [0.25, 0.3) is 0 Å². The van der Waals surface area contributed by atoms with Crippen molar-refractivity contribution < 1.29 is 4.92 Å². The van der Waals surface area contributed by atoms with E-state index in [2.05, 4.69) is 37.2 Å². The van der Waals surface area contributed by atoms with Gasteiger partial charge in [0.15, 0.2) is 0 Å². The molecule has 0 aliphatic carbocycles. The Morgan fingerprint density at radius 3 is 2.69 bits per heavy atom. The van der Waals surface area contributed by atoms with Gasteiger partial charge < -0.3 is 25.3 Å². The Bertz CT molecular complexity index is 631. The van der Waals surface area contributed by atoms with Crippen molar-refractivity contribution in [3.05, 3.63) is 40.7 Å². The average Bonchev–Trinajstić information content (AvgIpc) is 2.66. The van der Waals surface area contributed by atoms with E-state index in [1.165, 1.54) is 12.5 Å². The SMILES string of the molecule is CN1C=CNN(CCCCN2CCN(c3cccc([N+](=O)[O-])n3)CC2)C1. The monoisotopic (exact) mass is 361 g/mol. The van der Waals surface area contributed by atoms with Gasteiger partial charge in [-0.3, -0.25) is 4.90 Å². The molecule has 0 unspecified atom stereocenters. The molecule has 0 amide bonds. The molecule has 0 atom stereocenters. The summed E-state index contributed by atoms with van der Waals surface area (Å²) >= 11 is 0. The molecule has 0 aromatic carbocycles. The molecular formula is C17H27N7O2.